The minimum atomic E-state index is -4.63. The fraction of sp³-hybridized carbons (Fsp3) is 0.825. The Morgan fingerprint density at radius 2 is 0.851 bits per heavy atom. The van der Waals surface area contributed by atoms with Gasteiger partial charge in [0.05, 0.1) is 27.7 Å². The molecule has 2 atom stereocenters. The van der Waals surface area contributed by atoms with Crippen LogP contribution in [0.15, 0.2) is 48.6 Å². The third kappa shape index (κ3) is 53.2. The van der Waals surface area contributed by atoms with E-state index in [4.69, 9.17) is 18.5 Å². The summed E-state index contributed by atoms with van der Waals surface area (Å²) < 4.78 is 34.1. The lowest BCUT2D eigenvalue weighted by molar-refractivity contribution is -0.870. The number of hydrogen-bond acceptors (Lipinski definition) is 8. The largest absolute Gasteiger partial charge is 0.756 e. The van der Waals surface area contributed by atoms with E-state index in [1.54, 1.807) is 0 Å². The molecule has 0 saturated heterocycles. The quantitative estimate of drug-likeness (QED) is 0.0195. The first-order valence-corrected chi connectivity index (χ1v) is 29.3. The molecule has 0 saturated carbocycles. The molecule has 0 spiro atoms. The summed E-state index contributed by atoms with van der Waals surface area (Å²) in [4.78, 5) is 37.8. The molecule has 0 fully saturated rings. The van der Waals surface area contributed by atoms with Gasteiger partial charge < -0.3 is 27.9 Å². The smallest absolute Gasteiger partial charge is 0.306 e. The van der Waals surface area contributed by atoms with Gasteiger partial charge in [-0.15, -0.1) is 0 Å². The molecule has 0 aromatic carbocycles. The van der Waals surface area contributed by atoms with Gasteiger partial charge in [-0.25, -0.2) is 0 Å². The van der Waals surface area contributed by atoms with E-state index in [9.17, 15) is 19.0 Å². The predicted molar refractivity (Wildman–Crippen MR) is 282 cm³/mol. The van der Waals surface area contributed by atoms with Crippen LogP contribution >= 0.6 is 7.82 Å². The molecule has 0 aromatic rings. The van der Waals surface area contributed by atoms with Crippen LogP contribution < -0.4 is 4.89 Å². The number of unbranched alkanes of at least 4 members (excludes halogenated alkanes) is 29. The third-order valence-corrected chi connectivity index (χ3v) is 13.1. The summed E-state index contributed by atoms with van der Waals surface area (Å²) in [6, 6.07) is 0. The normalized spacial score (nSPS) is 13.7. The predicted octanol–water partition coefficient (Wildman–Crippen LogP) is 16.3. The molecule has 0 aliphatic carbocycles. The van der Waals surface area contributed by atoms with Crippen LogP contribution in [0.25, 0.3) is 0 Å². The van der Waals surface area contributed by atoms with Crippen molar-refractivity contribution in [1.29, 1.82) is 0 Å². The fourth-order valence-electron chi connectivity index (χ4n) is 7.83. The monoisotopic (exact) mass is 964 g/mol. The van der Waals surface area contributed by atoms with Crippen molar-refractivity contribution in [3.8, 4) is 0 Å². The van der Waals surface area contributed by atoms with Gasteiger partial charge in [-0.1, -0.05) is 236 Å². The van der Waals surface area contributed by atoms with Gasteiger partial charge in [0.2, 0.25) is 0 Å². The number of esters is 2. The SMILES string of the molecule is CC/C=C\C/C=C\C/C=C\C/C=C\CCCCCCCCCCCCC(=O)OC(COC(=O)CCCCCCCCCCCCCCCCCCCCCC)COP(=O)([O-])OCC[N+](C)(C)C. The Labute approximate surface area is 414 Å². The van der Waals surface area contributed by atoms with Gasteiger partial charge in [-0.05, 0) is 51.4 Å². The maximum atomic E-state index is 12.8. The van der Waals surface area contributed by atoms with E-state index >= 15 is 0 Å². The summed E-state index contributed by atoms with van der Waals surface area (Å²) in [7, 11) is 1.17. The molecule has 10 heteroatoms. The number of phosphoric acid groups is 1. The number of allylic oxidation sites excluding steroid dienone is 8. The average Bonchev–Trinajstić information content (AvgIpc) is 3.29. The zero-order valence-corrected chi connectivity index (χ0v) is 45.2. The van der Waals surface area contributed by atoms with Crippen molar-refractivity contribution in [2.75, 3.05) is 47.5 Å². The summed E-state index contributed by atoms with van der Waals surface area (Å²) in [5, 5.41) is 0. The fourth-order valence-corrected chi connectivity index (χ4v) is 8.55. The maximum absolute atomic E-state index is 12.8. The highest BCUT2D eigenvalue weighted by molar-refractivity contribution is 7.45. The van der Waals surface area contributed by atoms with Gasteiger partial charge in [0, 0.05) is 12.8 Å². The Balaban J connectivity index is 4.19. The van der Waals surface area contributed by atoms with E-state index in [1.165, 1.54) is 148 Å². The number of rotatable bonds is 51. The van der Waals surface area contributed by atoms with Crippen LogP contribution in [0, 0.1) is 0 Å². The number of nitrogens with zero attached hydrogens (tertiary/aromatic N) is 1. The van der Waals surface area contributed by atoms with E-state index < -0.39 is 26.5 Å². The Morgan fingerprint density at radius 1 is 0.478 bits per heavy atom. The van der Waals surface area contributed by atoms with Crippen molar-refractivity contribution in [3.05, 3.63) is 48.6 Å². The van der Waals surface area contributed by atoms with Crippen LogP contribution in [0.5, 0.6) is 0 Å². The second kappa shape index (κ2) is 49.0. The minimum absolute atomic E-state index is 0.0313. The van der Waals surface area contributed by atoms with Crippen molar-refractivity contribution < 1.29 is 42.1 Å². The van der Waals surface area contributed by atoms with Crippen LogP contribution in [0.4, 0.5) is 0 Å². The van der Waals surface area contributed by atoms with Crippen LogP contribution in [0.3, 0.4) is 0 Å². The minimum Gasteiger partial charge on any atom is -0.756 e. The van der Waals surface area contributed by atoms with Crippen molar-refractivity contribution in [3.63, 3.8) is 0 Å². The number of likely N-dealkylation sites (N-methyl/N-ethyl adjacent to an activating group) is 1. The summed E-state index contributed by atoms with van der Waals surface area (Å²) in [5.74, 6) is -0.828. The molecule has 0 N–H and O–H groups in total. The molecule has 0 aliphatic rings. The first-order valence-electron chi connectivity index (χ1n) is 27.8. The maximum Gasteiger partial charge on any atom is 0.306 e. The molecular weight excluding hydrogens is 858 g/mol. The Kier molecular flexibility index (Phi) is 47.5. The molecule has 0 heterocycles. The number of quaternary nitrogens is 1. The Morgan fingerprint density at radius 3 is 1.27 bits per heavy atom. The molecular formula is C57H106NO8P. The van der Waals surface area contributed by atoms with E-state index in [-0.39, 0.29) is 32.0 Å². The van der Waals surface area contributed by atoms with Crippen LogP contribution in [-0.2, 0) is 32.7 Å². The van der Waals surface area contributed by atoms with E-state index in [1.807, 2.05) is 21.1 Å². The Hall–Kier alpha value is -2.03. The first-order chi connectivity index (χ1) is 32.5. The lowest BCUT2D eigenvalue weighted by Crippen LogP contribution is -2.37. The second-order valence-electron chi connectivity index (χ2n) is 19.9. The molecule has 0 radical (unpaired) electrons. The summed E-state index contributed by atoms with van der Waals surface area (Å²) in [6.45, 7) is 4.16. The van der Waals surface area contributed by atoms with Crippen molar-refractivity contribution >= 4 is 19.8 Å². The lowest BCUT2D eigenvalue weighted by atomic mass is 10.0. The average molecular weight is 964 g/mol. The molecule has 67 heavy (non-hydrogen) atoms. The van der Waals surface area contributed by atoms with E-state index in [2.05, 4.69) is 62.5 Å². The number of phosphoric ester groups is 1. The van der Waals surface area contributed by atoms with Gasteiger partial charge in [-0.3, -0.25) is 14.2 Å². The zero-order chi connectivity index (χ0) is 49.2. The van der Waals surface area contributed by atoms with E-state index in [0.29, 0.717) is 17.4 Å². The summed E-state index contributed by atoms with van der Waals surface area (Å²) in [5.41, 5.74) is 0. The lowest BCUT2D eigenvalue weighted by Gasteiger charge is -2.28. The number of hydrogen-bond donors (Lipinski definition) is 0. The van der Waals surface area contributed by atoms with Gasteiger partial charge >= 0.3 is 11.9 Å². The molecule has 392 valence electrons. The van der Waals surface area contributed by atoms with Gasteiger partial charge in [-0.2, -0.15) is 0 Å². The second-order valence-corrected chi connectivity index (χ2v) is 21.3. The number of carbonyl (C=O) groups is 2. The molecule has 0 aromatic heterocycles. The molecule has 9 nitrogen and oxygen atoms in total. The van der Waals surface area contributed by atoms with Crippen molar-refractivity contribution in [1.82, 2.24) is 0 Å². The zero-order valence-electron chi connectivity index (χ0n) is 44.3. The van der Waals surface area contributed by atoms with Gasteiger partial charge in [0.1, 0.15) is 19.8 Å². The van der Waals surface area contributed by atoms with Crippen molar-refractivity contribution in [2.24, 2.45) is 0 Å². The van der Waals surface area contributed by atoms with Crippen LogP contribution in [0.2, 0.25) is 0 Å². The number of ether oxygens (including phenoxy) is 2. The molecule has 0 aliphatic heterocycles. The molecule has 2 unspecified atom stereocenters. The summed E-state index contributed by atoms with van der Waals surface area (Å²) >= 11 is 0. The molecule has 0 bridgehead atoms. The number of carbonyl (C=O) groups excluding carboxylic acids is 2. The highest BCUT2D eigenvalue weighted by Gasteiger charge is 2.21. The third-order valence-electron chi connectivity index (χ3n) is 12.1. The summed E-state index contributed by atoms with van der Waals surface area (Å²) in [6.07, 6.45) is 60.0. The highest BCUT2D eigenvalue weighted by atomic mass is 31.2. The van der Waals surface area contributed by atoms with E-state index in [0.717, 1.165) is 70.6 Å². The van der Waals surface area contributed by atoms with Gasteiger partial charge in [0.25, 0.3) is 7.82 Å². The van der Waals surface area contributed by atoms with Crippen LogP contribution in [0.1, 0.15) is 251 Å². The molecule has 0 rings (SSSR count). The van der Waals surface area contributed by atoms with Crippen LogP contribution in [-0.4, -0.2) is 70.0 Å². The molecule has 0 amide bonds. The first kappa shape index (κ1) is 65.0. The highest BCUT2D eigenvalue weighted by Crippen LogP contribution is 2.38. The van der Waals surface area contributed by atoms with Crippen molar-refractivity contribution in [2.45, 2.75) is 258 Å². The van der Waals surface area contributed by atoms with Gasteiger partial charge in [0.15, 0.2) is 6.10 Å². The Bertz CT molecular complexity index is 1270. The topological polar surface area (TPSA) is 111 Å². The standard InChI is InChI=1S/C57H106NO8P/c1-6-8-10-12-14-16-18-20-22-24-26-28-29-30-32-34-36-38-40-42-44-46-48-50-57(60)66-55(54-65-67(61,62)64-52-51-58(3,4)5)53-63-56(59)49-47-45-43-41-39-37-35-33-31-27-25-23-21-19-17-15-13-11-9-7-2/h8,10,14,16,20,22,26,28,55H,6-7,9,11-13,15,17-19,21,23-25,27,29-54H2,1-5H3/b10-8-,16-14-,22-20-,28-26-.